The molecule has 1 aromatic rings. The first-order chi connectivity index (χ1) is 10.6. The van der Waals surface area contributed by atoms with Crippen molar-refractivity contribution in [3.63, 3.8) is 0 Å². The van der Waals surface area contributed by atoms with Gasteiger partial charge in [-0.25, -0.2) is 4.79 Å². The highest BCUT2D eigenvalue weighted by molar-refractivity contribution is 9.10. The SMILES string of the molecule is CC(C)(C)OC(=O)N1CCC[C@]1(Cc1cccc(Br)c1)C(=O)[O-]. The molecule has 126 valence electrons. The lowest BCUT2D eigenvalue weighted by Crippen LogP contribution is -2.60. The Balaban J connectivity index is 2.31. The van der Waals surface area contributed by atoms with Gasteiger partial charge in [0.1, 0.15) is 5.60 Å². The summed E-state index contributed by atoms with van der Waals surface area (Å²) in [5.74, 6) is -1.24. The van der Waals surface area contributed by atoms with E-state index in [1.807, 2.05) is 24.3 Å². The van der Waals surface area contributed by atoms with Crippen molar-refractivity contribution in [2.45, 2.75) is 51.2 Å². The highest BCUT2D eigenvalue weighted by atomic mass is 79.9. The van der Waals surface area contributed by atoms with Crippen LogP contribution in [0, 0.1) is 0 Å². The van der Waals surface area contributed by atoms with Crippen molar-refractivity contribution in [2.24, 2.45) is 0 Å². The molecule has 1 aromatic carbocycles. The van der Waals surface area contributed by atoms with Crippen LogP contribution in [0.2, 0.25) is 0 Å². The molecule has 6 heteroatoms. The third kappa shape index (κ3) is 4.05. The number of carbonyl (C=O) groups excluding carboxylic acids is 2. The summed E-state index contributed by atoms with van der Waals surface area (Å²) in [6.07, 6.45) is 0.574. The summed E-state index contributed by atoms with van der Waals surface area (Å²) in [6.45, 7) is 5.64. The van der Waals surface area contributed by atoms with Gasteiger partial charge in [0.25, 0.3) is 0 Å². The second-order valence-electron chi connectivity index (χ2n) is 6.86. The largest absolute Gasteiger partial charge is 0.548 e. The summed E-state index contributed by atoms with van der Waals surface area (Å²) in [5.41, 5.74) is -1.20. The zero-order chi connectivity index (χ0) is 17.3. The van der Waals surface area contributed by atoms with E-state index in [2.05, 4.69) is 15.9 Å². The number of ether oxygens (including phenoxy) is 1. The van der Waals surface area contributed by atoms with E-state index in [1.54, 1.807) is 20.8 Å². The van der Waals surface area contributed by atoms with Crippen LogP contribution in [0.15, 0.2) is 28.7 Å². The van der Waals surface area contributed by atoms with Gasteiger partial charge in [-0.2, -0.15) is 0 Å². The molecule has 1 amide bonds. The van der Waals surface area contributed by atoms with Crippen LogP contribution in [-0.4, -0.2) is 34.6 Å². The summed E-state index contributed by atoms with van der Waals surface area (Å²) in [4.78, 5) is 25.7. The number of hydrogen-bond acceptors (Lipinski definition) is 4. The summed E-state index contributed by atoms with van der Waals surface area (Å²) >= 11 is 3.38. The average Bonchev–Trinajstić information content (AvgIpc) is 2.82. The van der Waals surface area contributed by atoms with E-state index in [0.717, 1.165) is 10.0 Å². The van der Waals surface area contributed by atoms with E-state index in [0.29, 0.717) is 19.4 Å². The summed E-state index contributed by atoms with van der Waals surface area (Å²) in [5, 5.41) is 11.9. The lowest BCUT2D eigenvalue weighted by Gasteiger charge is -2.40. The van der Waals surface area contributed by atoms with Gasteiger partial charge in [0, 0.05) is 17.4 Å². The van der Waals surface area contributed by atoms with Crippen molar-refractivity contribution in [1.29, 1.82) is 0 Å². The maximum Gasteiger partial charge on any atom is 0.411 e. The van der Waals surface area contributed by atoms with Gasteiger partial charge in [0.2, 0.25) is 0 Å². The van der Waals surface area contributed by atoms with Crippen molar-refractivity contribution in [3.8, 4) is 0 Å². The normalized spacial score (nSPS) is 21.3. The fourth-order valence-corrected chi connectivity index (χ4v) is 3.36. The van der Waals surface area contributed by atoms with Crippen LogP contribution in [-0.2, 0) is 16.0 Å². The maximum absolute atomic E-state index is 12.4. The predicted molar refractivity (Wildman–Crippen MR) is 87.8 cm³/mol. The van der Waals surface area contributed by atoms with Gasteiger partial charge in [-0.3, -0.25) is 4.90 Å². The smallest absolute Gasteiger partial charge is 0.411 e. The van der Waals surface area contributed by atoms with Crippen molar-refractivity contribution in [2.75, 3.05) is 6.54 Å². The molecule has 0 unspecified atom stereocenters. The van der Waals surface area contributed by atoms with E-state index < -0.39 is 23.2 Å². The Morgan fingerprint density at radius 1 is 1.39 bits per heavy atom. The van der Waals surface area contributed by atoms with Gasteiger partial charge >= 0.3 is 6.09 Å². The molecule has 0 bridgehead atoms. The fourth-order valence-electron chi connectivity index (χ4n) is 2.91. The van der Waals surface area contributed by atoms with Crippen molar-refractivity contribution in [1.82, 2.24) is 4.90 Å². The fraction of sp³-hybridized carbons (Fsp3) is 0.529. The molecule has 1 aliphatic heterocycles. The van der Waals surface area contributed by atoms with Gasteiger partial charge in [0.05, 0.1) is 11.5 Å². The molecule has 1 saturated heterocycles. The number of amides is 1. The summed E-state index contributed by atoms with van der Waals surface area (Å²) in [6, 6.07) is 7.42. The Labute approximate surface area is 144 Å². The lowest BCUT2D eigenvalue weighted by molar-refractivity contribution is -0.317. The first-order valence-corrected chi connectivity index (χ1v) is 8.40. The molecule has 0 N–H and O–H groups in total. The highest BCUT2D eigenvalue weighted by Gasteiger charge is 2.46. The molecule has 0 spiro atoms. The average molecular weight is 383 g/mol. The van der Waals surface area contributed by atoms with Crippen LogP contribution in [0.1, 0.15) is 39.2 Å². The van der Waals surface area contributed by atoms with Crippen LogP contribution in [0.25, 0.3) is 0 Å². The Kier molecular flexibility index (Phi) is 5.04. The number of nitrogens with zero attached hydrogens (tertiary/aromatic N) is 1. The monoisotopic (exact) mass is 382 g/mol. The molecule has 23 heavy (non-hydrogen) atoms. The lowest BCUT2D eigenvalue weighted by atomic mass is 9.88. The number of carboxylic acid groups (broad SMARTS) is 1. The van der Waals surface area contributed by atoms with E-state index in [4.69, 9.17) is 4.74 Å². The number of benzene rings is 1. The number of carbonyl (C=O) groups is 2. The standard InChI is InChI=1S/C17H22BrNO4/c1-16(2,3)23-15(22)19-9-5-8-17(19,14(20)21)11-12-6-4-7-13(18)10-12/h4,6-7,10H,5,8-9,11H2,1-3H3,(H,20,21)/p-1/t17-/m0/s1. The zero-order valence-corrected chi connectivity index (χ0v) is 15.2. The van der Waals surface area contributed by atoms with E-state index in [9.17, 15) is 14.7 Å². The van der Waals surface area contributed by atoms with E-state index in [1.165, 1.54) is 4.90 Å². The molecule has 1 atom stereocenters. The van der Waals surface area contributed by atoms with Gasteiger partial charge in [-0.15, -0.1) is 0 Å². The number of aliphatic carboxylic acids is 1. The van der Waals surface area contributed by atoms with Crippen LogP contribution < -0.4 is 5.11 Å². The minimum Gasteiger partial charge on any atom is -0.548 e. The third-order valence-corrected chi connectivity index (χ3v) is 4.36. The van der Waals surface area contributed by atoms with E-state index in [-0.39, 0.29) is 6.42 Å². The number of rotatable bonds is 3. The number of likely N-dealkylation sites (tertiary alicyclic amines) is 1. The Morgan fingerprint density at radius 3 is 2.65 bits per heavy atom. The topological polar surface area (TPSA) is 69.7 Å². The molecule has 5 nitrogen and oxygen atoms in total. The van der Waals surface area contributed by atoms with Crippen molar-refractivity contribution in [3.05, 3.63) is 34.3 Å². The second kappa shape index (κ2) is 6.51. The van der Waals surface area contributed by atoms with Crippen molar-refractivity contribution < 1.29 is 19.4 Å². The molecule has 1 heterocycles. The number of halogens is 1. The zero-order valence-electron chi connectivity index (χ0n) is 13.6. The highest BCUT2D eigenvalue weighted by Crippen LogP contribution is 2.34. The van der Waals surface area contributed by atoms with Crippen LogP contribution in [0.4, 0.5) is 4.79 Å². The Bertz CT molecular complexity index is 611. The molecule has 1 aliphatic rings. The molecule has 0 aliphatic carbocycles. The first-order valence-electron chi connectivity index (χ1n) is 7.61. The third-order valence-electron chi connectivity index (χ3n) is 3.87. The minimum atomic E-state index is -1.36. The first kappa shape index (κ1) is 17.8. The van der Waals surface area contributed by atoms with Crippen LogP contribution in [0.5, 0.6) is 0 Å². The molecule has 0 aromatic heterocycles. The summed E-state index contributed by atoms with van der Waals surface area (Å²) in [7, 11) is 0. The Hall–Kier alpha value is -1.56. The van der Waals surface area contributed by atoms with Crippen LogP contribution >= 0.6 is 15.9 Å². The van der Waals surface area contributed by atoms with Gasteiger partial charge in [0.15, 0.2) is 0 Å². The van der Waals surface area contributed by atoms with Gasteiger partial charge in [-0.05, 0) is 51.3 Å². The second-order valence-corrected chi connectivity index (χ2v) is 7.78. The van der Waals surface area contributed by atoms with Crippen molar-refractivity contribution >= 4 is 28.0 Å². The quantitative estimate of drug-likeness (QED) is 0.804. The molecule has 0 saturated carbocycles. The minimum absolute atomic E-state index is 0.202. The summed E-state index contributed by atoms with van der Waals surface area (Å²) < 4.78 is 6.24. The molecular formula is C17H21BrNO4-. The van der Waals surface area contributed by atoms with E-state index >= 15 is 0 Å². The number of carboxylic acids is 1. The molecule has 0 radical (unpaired) electrons. The Morgan fingerprint density at radius 2 is 2.09 bits per heavy atom. The maximum atomic E-state index is 12.4. The van der Waals surface area contributed by atoms with Crippen LogP contribution in [0.3, 0.4) is 0 Å². The predicted octanol–water partition coefficient (Wildman–Crippen LogP) is 2.51. The molecule has 2 rings (SSSR count). The molecular weight excluding hydrogens is 362 g/mol. The molecule has 1 fully saturated rings. The van der Waals surface area contributed by atoms with Gasteiger partial charge in [-0.1, -0.05) is 28.1 Å². The number of hydrogen-bond donors (Lipinski definition) is 0. The van der Waals surface area contributed by atoms with Gasteiger partial charge < -0.3 is 14.6 Å².